The van der Waals surface area contributed by atoms with Crippen LogP contribution in [0.2, 0.25) is 0 Å². The summed E-state index contributed by atoms with van der Waals surface area (Å²) in [5, 5.41) is 7.72. The first-order valence-corrected chi connectivity index (χ1v) is 10.8. The number of hydrogen-bond acceptors (Lipinski definition) is 5. The minimum atomic E-state index is -0.216. The maximum absolute atomic E-state index is 13.2. The first kappa shape index (κ1) is 22.1. The fourth-order valence-corrected chi connectivity index (χ4v) is 3.50. The maximum atomic E-state index is 13.2. The average Bonchev–Trinajstić information content (AvgIpc) is 3.28. The summed E-state index contributed by atoms with van der Waals surface area (Å²) in [5.74, 6) is 1.05. The molecule has 1 N–H and O–H groups in total. The van der Waals surface area contributed by atoms with Gasteiger partial charge >= 0.3 is 0 Å². The summed E-state index contributed by atoms with van der Waals surface area (Å²) in [6.07, 6.45) is 3.46. The van der Waals surface area contributed by atoms with E-state index in [1.165, 1.54) is 0 Å². The summed E-state index contributed by atoms with van der Waals surface area (Å²) in [4.78, 5) is 17.5. The minimum Gasteiger partial charge on any atom is -0.497 e. The lowest BCUT2D eigenvalue weighted by molar-refractivity contribution is 0.0951. The van der Waals surface area contributed by atoms with Gasteiger partial charge in [-0.2, -0.15) is 5.10 Å². The van der Waals surface area contributed by atoms with E-state index in [-0.39, 0.29) is 5.91 Å². The Balaban J connectivity index is 1.61. The fraction of sp³-hybridized carbons (Fsp3) is 0.192. The predicted molar refractivity (Wildman–Crippen MR) is 126 cm³/mol. The molecule has 2 aromatic carbocycles. The Labute approximate surface area is 193 Å². The number of amides is 1. The highest BCUT2D eigenvalue weighted by molar-refractivity contribution is 5.99. The third kappa shape index (κ3) is 5.38. The maximum Gasteiger partial charge on any atom is 0.255 e. The van der Waals surface area contributed by atoms with Gasteiger partial charge in [0.05, 0.1) is 25.8 Å². The molecule has 0 aliphatic carbocycles. The van der Waals surface area contributed by atoms with Crippen molar-refractivity contribution in [2.75, 3.05) is 13.7 Å². The average molecular weight is 443 g/mol. The van der Waals surface area contributed by atoms with Crippen LogP contribution in [0, 0.1) is 0 Å². The van der Waals surface area contributed by atoms with Gasteiger partial charge in [-0.25, -0.2) is 4.98 Å². The van der Waals surface area contributed by atoms with E-state index in [1.807, 2.05) is 73.7 Å². The van der Waals surface area contributed by atoms with Gasteiger partial charge in [0.2, 0.25) is 5.88 Å². The molecule has 7 heteroatoms. The van der Waals surface area contributed by atoms with Crippen molar-refractivity contribution in [3.05, 3.63) is 95.8 Å². The lowest BCUT2D eigenvalue weighted by Gasteiger charge is -2.10. The second kappa shape index (κ2) is 10.5. The van der Waals surface area contributed by atoms with E-state index in [0.717, 1.165) is 22.4 Å². The molecule has 168 valence electrons. The number of pyridine rings is 1. The highest BCUT2D eigenvalue weighted by Crippen LogP contribution is 2.25. The number of methoxy groups -OCH3 is 1. The van der Waals surface area contributed by atoms with Gasteiger partial charge in [0.15, 0.2) is 0 Å². The van der Waals surface area contributed by atoms with Crippen molar-refractivity contribution in [3.8, 4) is 22.9 Å². The van der Waals surface area contributed by atoms with Gasteiger partial charge in [-0.15, -0.1) is 0 Å². The molecule has 0 atom stereocenters. The highest BCUT2D eigenvalue weighted by Gasteiger charge is 2.19. The SMILES string of the molecule is CCOc1ncccc1CNC(=O)c1cn(Cc2ccccc2)nc1-c1ccc(OC)cc1. The lowest BCUT2D eigenvalue weighted by atomic mass is 10.1. The number of ether oxygens (including phenoxy) is 2. The summed E-state index contributed by atoms with van der Waals surface area (Å²) < 4.78 is 12.6. The van der Waals surface area contributed by atoms with Crippen molar-refractivity contribution < 1.29 is 14.3 Å². The second-order valence-corrected chi connectivity index (χ2v) is 7.39. The minimum absolute atomic E-state index is 0.216. The van der Waals surface area contributed by atoms with Crippen LogP contribution in [0.4, 0.5) is 0 Å². The Morgan fingerprint density at radius 3 is 2.55 bits per heavy atom. The Bertz CT molecular complexity index is 1200. The van der Waals surface area contributed by atoms with Crippen LogP contribution in [0.5, 0.6) is 11.6 Å². The van der Waals surface area contributed by atoms with Gasteiger partial charge in [0.25, 0.3) is 5.91 Å². The zero-order valence-corrected chi connectivity index (χ0v) is 18.7. The van der Waals surface area contributed by atoms with Crippen LogP contribution in [0.1, 0.15) is 28.4 Å². The molecular weight excluding hydrogens is 416 g/mol. The second-order valence-electron chi connectivity index (χ2n) is 7.39. The third-order valence-corrected chi connectivity index (χ3v) is 5.13. The number of nitrogens with zero attached hydrogens (tertiary/aromatic N) is 3. The van der Waals surface area contributed by atoms with E-state index in [2.05, 4.69) is 10.3 Å². The summed E-state index contributed by atoms with van der Waals surface area (Å²) >= 11 is 0. The van der Waals surface area contributed by atoms with Crippen molar-refractivity contribution in [2.24, 2.45) is 0 Å². The molecule has 0 spiro atoms. The molecule has 0 saturated heterocycles. The Morgan fingerprint density at radius 2 is 1.82 bits per heavy atom. The standard InChI is InChI=1S/C26H26N4O3/c1-3-33-26-21(10-7-15-27-26)16-28-25(31)23-18-30(17-19-8-5-4-6-9-19)29-24(23)20-11-13-22(32-2)14-12-20/h4-15,18H,3,16-17H2,1-2H3,(H,28,31). The van der Waals surface area contributed by atoms with Crippen molar-refractivity contribution in [2.45, 2.75) is 20.0 Å². The first-order chi connectivity index (χ1) is 16.2. The first-order valence-electron chi connectivity index (χ1n) is 10.8. The summed E-state index contributed by atoms with van der Waals surface area (Å²) in [6, 6.07) is 21.3. The fourth-order valence-electron chi connectivity index (χ4n) is 3.50. The number of benzene rings is 2. The molecule has 1 amide bonds. The van der Waals surface area contributed by atoms with E-state index < -0.39 is 0 Å². The lowest BCUT2D eigenvalue weighted by Crippen LogP contribution is -2.23. The van der Waals surface area contributed by atoms with Crippen molar-refractivity contribution >= 4 is 5.91 Å². The summed E-state index contributed by atoms with van der Waals surface area (Å²) in [6.45, 7) is 3.27. The molecule has 4 aromatic rings. The Kier molecular flexibility index (Phi) is 6.99. The monoisotopic (exact) mass is 442 g/mol. The van der Waals surface area contributed by atoms with Gasteiger partial charge < -0.3 is 14.8 Å². The molecule has 0 aliphatic heterocycles. The topological polar surface area (TPSA) is 78.3 Å². The molecule has 0 radical (unpaired) electrons. The van der Waals surface area contributed by atoms with Gasteiger partial charge in [0.1, 0.15) is 11.4 Å². The zero-order valence-electron chi connectivity index (χ0n) is 18.7. The van der Waals surface area contributed by atoms with E-state index in [1.54, 1.807) is 24.2 Å². The van der Waals surface area contributed by atoms with Gasteiger partial charge in [-0.1, -0.05) is 36.4 Å². The molecule has 33 heavy (non-hydrogen) atoms. The van der Waals surface area contributed by atoms with Crippen molar-refractivity contribution in [3.63, 3.8) is 0 Å². The molecule has 2 aromatic heterocycles. The molecule has 7 nitrogen and oxygen atoms in total. The molecule has 0 saturated carbocycles. The van der Waals surface area contributed by atoms with Crippen molar-refractivity contribution in [1.82, 2.24) is 20.1 Å². The number of aromatic nitrogens is 3. The van der Waals surface area contributed by atoms with Crippen LogP contribution < -0.4 is 14.8 Å². The van der Waals surface area contributed by atoms with Crippen LogP contribution in [-0.2, 0) is 13.1 Å². The van der Waals surface area contributed by atoms with Crippen LogP contribution >= 0.6 is 0 Å². The normalized spacial score (nSPS) is 10.6. The van der Waals surface area contributed by atoms with E-state index >= 15 is 0 Å². The van der Waals surface area contributed by atoms with E-state index in [4.69, 9.17) is 14.6 Å². The molecule has 0 bridgehead atoms. The van der Waals surface area contributed by atoms with Crippen LogP contribution in [0.15, 0.2) is 79.1 Å². The molecular formula is C26H26N4O3. The number of rotatable bonds is 9. The summed E-state index contributed by atoms with van der Waals surface area (Å²) in [7, 11) is 1.62. The van der Waals surface area contributed by atoms with Gasteiger partial charge in [0, 0.05) is 30.1 Å². The third-order valence-electron chi connectivity index (χ3n) is 5.13. The van der Waals surface area contributed by atoms with Gasteiger partial charge in [-0.05, 0) is 42.8 Å². The van der Waals surface area contributed by atoms with Crippen LogP contribution in [0.3, 0.4) is 0 Å². The van der Waals surface area contributed by atoms with E-state index in [0.29, 0.717) is 36.8 Å². The molecule has 2 heterocycles. The Hall–Kier alpha value is -4.13. The predicted octanol–water partition coefficient (Wildman–Crippen LogP) is 4.33. The number of hydrogen-bond donors (Lipinski definition) is 1. The molecule has 0 aliphatic rings. The Morgan fingerprint density at radius 1 is 1.03 bits per heavy atom. The molecule has 0 fully saturated rings. The highest BCUT2D eigenvalue weighted by atomic mass is 16.5. The molecule has 0 unspecified atom stereocenters. The van der Waals surface area contributed by atoms with Crippen LogP contribution in [-0.4, -0.2) is 34.4 Å². The zero-order chi connectivity index (χ0) is 23.0. The number of nitrogens with one attached hydrogen (secondary N) is 1. The number of carbonyl (C=O) groups excluding carboxylic acids is 1. The van der Waals surface area contributed by atoms with Crippen molar-refractivity contribution in [1.29, 1.82) is 0 Å². The molecule has 4 rings (SSSR count). The number of carbonyl (C=O) groups is 1. The largest absolute Gasteiger partial charge is 0.497 e. The quantitative estimate of drug-likeness (QED) is 0.417. The van der Waals surface area contributed by atoms with Crippen LogP contribution in [0.25, 0.3) is 11.3 Å². The van der Waals surface area contributed by atoms with E-state index in [9.17, 15) is 4.79 Å². The van der Waals surface area contributed by atoms with Gasteiger partial charge in [-0.3, -0.25) is 9.48 Å². The summed E-state index contributed by atoms with van der Waals surface area (Å²) in [5.41, 5.74) is 3.87. The smallest absolute Gasteiger partial charge is 0.255 e.